The van der Waals surface area contributed by atoms with E-state index in [0.717, 1.165) is 11.4 Å². The van der Waals surface area contributed by atoms with Crippen LogP contribution in [0.1, 0.15) is 32.0 Å². The van der Waals surface area contributed by atoms with Gasteiger partial charge in [-0.1, -0.05) is 38.5 Å². The molecule has 0 aliphatic heterocycles. The van der Waals surface area contributed by atoms with Crippen LogP contribution in [0, 0.1) is 6.92 Å². The Morgan fingerprint density at radius 3 is 2.29 bits per heavy atom. The molecular weight excluding hydrogens is 300 g/mol. The maximum absolute atomic E-state index is 12.4. The minimum absolute atomic E-state index is 0.108. The molecule has 1 aromatic carbocycles. The lowest BCUT2D eigenvalue weighted by Gasteiger charge is -2.14. The van der Waals surface area contributed by atoms with E-state index in [1.807, 2.05) is 49.4 Å². The summed E-state index contributed by atoms with van der Waals surface area (Å²) in [6.07, 6.45) is 3.43. The summed E-state index contributed by atoms with van der Waals surface area (Å²) in [4.78, 5) is 12.4. The van der Waals surface area contributed by atoms with Crippen molar-refractivity contribution in [1.29, 1.82) is 0 Å². The molecule has 0 saturated heterocycles. The maximum Gasteiger partial charge on any atom is 0.331 e. The Kier molecular flexibility index (Phi) is 4.01. The first kappa shape index (κ1) is 16.1. The highest BCUT2D eigenvalue weighted by Gasteiger charge is 2.21. The fraction of sp³-hybridized carbons (Fsp3) is 0.263. The third kappa shape index (κ3) is 3.25. The van der Waals surface area contributed by atoms with Crippen LogP contribution in [0.2, 0.25) is 0 Å². The smallest absolute Gasteiger partial charge is 0.291 e. The zero-order valence-electron chi connectivity index (χ0n) is 14.4. The monoisotopic (exact) mass is 322 g/mol. The SMILES string of the molecule is Cc1ccc(-n2nc(C(C)(C)C)cc2NC(=O)n2cccc2)cc1. The predicted molar refractivity (Wildman–Crippen MR) is 95.8 cm³/mol. The first-order valence-corrected chi connectivity index (χ1v) is 7.96. The largest absolute Gasteiger partial charge is 0.331 e. The van der Waals surface area contributed by atoms with Crippen molar-refractivity contribution in [2.45, 2.75) is 33.1 Å². The second-order valence-corrected chi connectivity index (χ2v) is 6.93. The van der Waals surface area contributed by atoms with E-state index in [1.165, 1.54) is 10.1 Å². The molecule has 0 bridgehead atoms. The van der Waals surface area contributed by atoms with Crippen LogP contribution in [-0.2, 0) is 5.41 Å². The molecule has 0 radical (unpaired) electrons. The molecule has 3 aromatic rings. The number of nitrogens with zero attached hydrogens (tertiary/aromatic N) is 3. The van der Waals surface area contributed by atoms with Crippen LogP contribution in [-0.4, -0.2) is 20.4 Å². The summed E-state index contributed by atoms with van der Waals surface area (Å²) >= 11 is 0. The van der Waals surface area contributed by atoms with E-state index in [0.29, 0.717) is 5.82 Å². The Bertz CT molecular complexity index is 837. The number of nitrogens with one attached hydrogen (secondary N) is 1. The average molecular weight is 322 g/mol. The molecule has 124 valence electrons. The number of carbonyl (C=O) groups is 1. The summed E-state index contributed by atoms with van der Waals surface area (Å²) in [5.41, 5.74) is 2.91. The van der Waals surface area contributed by atoms with Gasteiger partial charge < -0.3 is 0 Å². The van der Waals surface area contributed by atoms with Crippen LogP contribution in [0.3, 0.4) is 0 Å². The van der Waals surface area contributed by atoms with Gasteiger partial charge in [-0.3, -0.25) is 9.88 Å². The number of aromatic nitrogens is 3. The number of carbonyl (C=O) groups excluding carboxylic acids is 1. The number of benzene rings is 1. The minimum Gasteiger partial charge on any atom is -0.291 e. The predicted octanol–water partition coefficient (Wildman–Crippen LogP) is 4.36. The summed E-state index contributed by atoms with van der Waals surface area (Å²) in [5, 5.41) is 7.65. The Hall–Kier alpha value is -2.82. The number of hydrogen-bond acceptors (Lipinski definition) is 2. The number of rotatable bonds is 2. The topological polar surface area (TPSA) is 51.9 Å². The van der Waals surface area contributed by atoms with Gasteiger partial charge in [-0.25, -0.2) is 9.48 Å². The van der Waals surface area contributed by atoms with Crippen LogP contribution in [0.4, 0.5) is 10.6 Å². The molecule has 3 rings (SSSR count). The molecule has 0 spiro atoms. The normalized spacial score (nSPS) is 11.5. The van der Waals surface area contributed by atoms with E-state index in [2.05, 4.69) is 26.1 Å². The number of amides is 1. The van der Waals surface area contributed by atoms with Gasteiger partial charge in [0.05, 0.1) is 11.4 Å². The molecule has 1 amide bonds. The molecule has 0 aliphatic rings. The maximum atomic E-state index is 12.4. The second kappa shape index (κ2) is 6.00. The molecule has 0 aliphatic carbocycles. The molecule has 0 fully saturated rings. The fourth-order valence-corrected chi connectivity index (χ4v) is 2.36. The van der Waals surface area contributed by atoms with E-state index in [-0.39, 0.29) is 11.4 Å². The Morgan fingerprint density at radius 2 is 1.71 bits per heavy atom. The molecule has 0 saturated carbocycles. The quantitative estimate of drug-likeness (QED) is 0.762. The van der Waals surface area contributed by atoms with Crippen molar-refractivity contribution in [1.82, 2.24) is 14.3 Å². The molecule has 24 heavy (non-hydrogen) atoms. The molecule has 2 heterocycles. The highest BCUT2D eigenvalue weighted by molar-refractivity contribution is 5.90. The molecule has 2 aromatic heterocycles. The highest BCUT2D eigenvalue weighted by atomic mass is 16.2. The zero-order chi connectivity index (χ0) is 17.3. The highest BCUT2D eigenvalue weighted by Crippen LogP contribution is 2.26. The van der Waals surface area contributed by atoms with Crippen molar-refractivity contribution in [3.63, 3.8) is 0 Å². The van der Waals surface area contributed by atoms with Crippen molar-refractivity contribution in [2.75, 3.05) is 5.32 Å². The van der Waals surface area contributed by atoms with Gasteiger partial charge in [-0.15, -0.1) is 0 Å². The van der Waals surface area contributed by atoms with Gasteiger partial charge in [-0.2, -0.15) is 5.10 Å². The Morgan fingerprint density at radius 1 is 1.08 bits per heavy atom. The lowest BCUT2D eigenvalue weighted by Crippen LogP contribution is -2.19. The van der Waals surface area contributed by atoms with E-state index in [9.17, 15) is 4.79 Å². The van der Waals surface area contributed by atoms with E-state index in [4.69, 9.17) is 5.10 Å². The average Bonchev–Trinajstić information content (AvgIpc) is 3.16. The van der Waals surface area contributed by atoms with Gasteiger partial charge in [0.15, 0.2) is 0 Å². The summed E-state index contributed by atoms with van der Waals surface area (Å²) in [6, 6.07) is 13.4. The summed E-state index contributed by atoms with van der Waals surface area (Å²) in [5.74, 6) is 0.655. The molecular formula is C19H22N4O. The van der Waals surface area contributed by atoms with Gasteiger partial charge in [0, 0.05) is 23.9 Å². The van der Waals surface area contributed by atoms with E-state index < -0.39 is 0 Å². The van der Waals surface area contributed by atoms with Crippen molar-refractivity contribution >= 4 is 11.8 Å². The standard InChI is InChI=1S/C19H22N4O/c1-14-7-9-15(10-8-14)23-17(13-16(21-23)19(2,3)4)20-18(24)22-11-5-6-12-22/h5-13H,1-4H3,(H,20,24). The minimum atomic E-state index is -0.214. The molecule has 0 unspecified atom stereocenters. The van der Waals surface area contributed by atoms with Crippen LogP contribution in [0.15, 0.2) is 54.9 Å². The van der Waals surface area contributed by atoms with E-state index in [1.54, 1.807) is 17.1 Å². The van der Waals surface area contributed by atoms with Gasteiger partial charge in [0.25, 0.3) is 0 Å². The van der Waals surface area contributed by atoms with Crippen molar-refractivity contribution in [3.8, 4) is 5.69 Å². The molecule has 5 nitrogen and oxygen atoms in total. The van der Waals surface area contributed by atoms with Gasteiger partial charge in [0.1, 0.15) is 5.82 Å². The summed E-state index contributed by atoms with van der Waals surface area (Å²) in [6.45, 7) is 8.35. The third-order valence-corrected chi connectivity index (χ3v) is 3.83. The number of aryl methyl sites for hydroxylation is 1. The van der Waals surface area contributed by atoms with Crippen molar-refractivity contribution in [2.24, 2.45) is 0 Å². The van der Waals surface area contributed by atoms with E-state index >= 15 is 0 Å². The molecule has 1 N–H and O–H groups in total. The molecule has 0 atom stereocenters. The summed E-state index contributed by atoms with van der Waals surface area (Å²) in [7, 11) is 0. The second-order valence-electron chi connectivity index (χ2n) is 6.93. The first-order chi connectivity index (χ1) is 11.3. The van der Waals surface area contributed by atoms with Crippen molar-refractivity contribution < 1.29 is 4.79 Å². The lowest BCUT2D eigenvalue weighted by atomic mass is 9.92. The van der Waals surface area contributed by atoms with Crippen LogP contribution in [0.25, 0.3) is 5.69 Å². The lowest BCUT2D eigenvalue weighted by molar-refractivity contribution is 0.253. The first-order valence-electron chi connectivity index (χ1n) is 7.96. The third-order valence-electron chi connectivity index (χ3n) is 3.83. The van der Waals surface area contributed by atoms with Gasteiger partial charge in [-0.05, 0) is 31.2 Å². The van der Waals surface area contributed by atoms with Gasteiger partial charge in [0.2, 0.25) is 0 Å². The number of hydrogen-bond donors (Lipinski definition) is 1. The number of anilines is 1. The fourth-order valence-electron chi connectivity index (χ4n) is 2.36. The Labute approximate surface area is 141 Å². The van der Waals surface area contributed by atoms with Crippen LogP contribution in [0.5, 0.6) is 0 Å². The summed E-state index contributed by atoms with van der Waals surface area (Å²) < 4.78 is 3.28. The zero-order valence-corrected chi connectivity index (χ0v) is 14.4. The van der Waals surface area contributed by atoms with Crippen molar-refractivity contribution in [3.05, 3.63) is 66.1 Å². The van der Waals surface area contributed by atoms with Crippen LogP contribution >= 0.6 is 0 Å². The van der Waals surface area contributed by atoms with Crippen LogP contribution < -0.4 is 5.32 Å². The molecule has 5 heteroatoms. The van der Waals surface area contributed by atoms with Gasteiger partial charge >= 0.3 is 6.03 Å². The Balaban J connectivity index is 2.01.